The molecule has 0 fully saturated rings. The van der Waals surface area contributed by atoms with Crippen LogP contribution in [0.15, 0.2) is 54.6 Å². The highest BCUT2D eigenvalue weighted by molar-refractivity contribution is 7.92. The number of sulfonamides is 1. The molecule has 0 bridgehead atoms. The molecular formula is C18H17N3O3S2. The van der Waals surface area contributed by atoms with Gasteiger partial charge in [0.15, 0.2) is 0 Å². The third-order valence-corrected chi connectivity index (χ3v) is 5.29. The second kappa shape index (κ2) is 7.27. The molecule has 8 heteroatoms. The quantitative estimate of drug-likeness (QED) is 0.698. The maximum absolute atomic E-state index is 12.7. The number of hydrogen-bond donors (Lipinski definition) is 2. The lowest BCUT2D eigenvalue weighted by Gasteiger charge is -2.11. The van der Waals surface area contributed by atoms with Crippen molar-refractivity contribution in [3.05, 3.63) is 65.2 Å². The van der Waals surface area contributed by atoms with Gasteiger partial charge in [-0.2, -0.15) is 0 Å². The fraction of sp³-hybridized carbons (Fsp3) is 0.111. The fourth-order valence-corrected chi connectivity index (χ4v) is 3.92. The Kier molecular flexibility index (Phi) is 5.06. The van der Waals surface area contributed by atoms with Crippen LogP contribution in [-0.4, -0.2) is 25.6 Å². The third-order valence-electron chi connectivity index (χ3n) is 3.49. The van der Waals surface area contributed by atoms with Crippen molar-refractivity contribution in [3.8, 4) is 10.6 Å². The Hall–Kier alpha value is -2.71. The summed E-state index contributed by atoms with van der Waals surface area (Å²) in [5.74, 6) is -0.329. The highest BCUT2D eigenvalue weighted by Crippen LogP contribution is 2.29. The lowest BCUT2D eigenvalue weighted by Crippen LogP contribution is -2.15. The van der Waals surface area contributed by atoms with Crippen molar-refractivity contribution in [2.75, 3.05) is 16.3 Å². The molecule has 0 radical (unpaired) electrons. The Morgan fingerprint density at radius 1 is 1.00 bits per heavy atom. The summed E-state index contributed by atoms with van der Waals surface area (Å²) in [6.07, 6.45) is 1.06. The first kappa shape index (κ1) is 18.1. The molecule has 134 valence electrons. The van der Waals surface area contributed by atoms with Crippen molar-refractivity contribution in [1.29, 1.82) is 0 Å². The molecule has 3 rings (SSSR count). The minimum absolute atomic E-state index is 0.314. The Labute approximate surface area is 156 Å². The van der Waals surface area contributed by atoms with Gasteiger partial charge in [-0.1, -0.05) is 42.5 Å². The summed E-state index contributed by atoms with van der Waals surface area (Å²) in [6.45, 7) is 1.78. The number of benzene rings is 2. The Morgan fingerprint density at radius 3 is 2.27 bits per heavy atom. The number of rotatable bonds is 5. The molecule has 0 aliphatic carbocycles. The van der Waals surface area contributed by atoms with Gasteiger partial charge in [-0.25, -0.2) is 13.4 Å². The van der Waals surface area contributed by atoms with Gasteiger partial charge in [0, 0.05) is 5.56 Å². The molecule has 0 saturated carbocycles. The molecule has 6 nitrogen and oxygen atoms in total. The summed E-state index contributed by atoms with van der Waals surface area (Å²) in [5, 5.41) is 3.52. The van der Waals surface area contributed by atoms with E-state index in [4.69, 9.17) is 0 Å². The van der Waals surface area contributed by atoms with Gasteiger partial charge >= 0.3 is 0 Å². The summed E-state index contributed by atoms with van der Waals surface area (Å²) in [4.78, 5) is 17.6. The van der Waals surface area contributed by atoms with Crippen LogP contribution in [0.2, 0.25) is 0 Å². The van der Waals surface area contributed by atoms with Gasteiger partial charge < -0.3 is 5.32 Å². The molecule has 2 aromatic carbocycles. The number of thiazole rings is 1. The van der Waals surface area contributed by atoms with Crippen LogP contribution in [0.3, 0.4) is 0 Å². The SMILES string of the molecule is Cc1nc(-c2ccccc2)sc1C(=O)Nc1ccccc1NS(C)(=O)=O. The van der Waals surface area contributed by atoms with Gasteiger partial charge in [0.05, 0.1) is 23.3 Å². The number of hydrogen-bond acceptors (Lipinski definition) is 5. The molecule has 0 atom stereocenters. The Balaban J connectivity index is 1.87. The molecule has 1 amide bonds. The molecule has 0 spiro atoms. The van der Waals surface area contributed by atoms with Crippen LogP contribution in [0.1, 0.15) is 15.4 Å². The van der Waals surface area contributed by atoms with Gasteiger partial charge in [-0.15, -0.1) is 11.3 Å². The first-order valence-corrected chi connectivity index (χ1v) is 10.5. The molecule has 1 heterocycles. The Morgan fingerprint density at radius 2 is 1.62 bits per heavy atom. The first-order chi connectivity index (χ1) is 12.3. The van der Waals surface area contributed by atoms with Crippen LogP contribution in [0.25, 0.3) is 10.6 Å². The molecule has 1 aromatic heterocycles. The van der Waals surface area contributed by atoms with E-state index < -0.39 is 10.0 Å². The van der Waals surface area contributed by atoms with Crippen LogP contribution in [0.5, 0.6) is 0 Å². The van der Waals surface area contributed by atoms with Crippen LogP contribution < -0.4 is 10.0 Å². The van der Waals surface area contributed by atoms with Gasteiger partial charge in [-0.3, -0.25) is 9.52 Å². The smallest absolute Gasteiger partial charge is 0.267 e. The normalized spacial score (nSPS) is 11.2. The predicted molar refractivity (Wildman–Crippen MR) is 105 cm³/mol. The zero-order valence-electron chi connectivity index (χ0n) is 14.2. The summed E-state index contributed by atoms with van der Waals surface area (Å²) in [6, 6.07) is 16.3. The van der Waals surface area contributed by atoms with E-state index in [1.165, 1.54) is 11.3 Å². The zero-order chi connectivity index (χ0) is 18.7. The number of aromatic nitrogens is 1. The molecule has 0 aliphatic rings. The van der Waals surface area contributed by atoms with Gasteiger partial charge in [-0.05, 0) is 19.1 Å². The number of anilines is 2. The van der Waals surface area contributed by atoms with E-state index >= 15 is 0 Å². The van der Waals surface area contributed by atoms with E-state index in [1.807, 2.05) is 30.3 Å². The van der Waals surface area contributed by atoms with E-state index in [1.54, 1.807) is 31.2 Å². The zero-order valence-corrected chi connectivity index (χ0v) is 15.8. The van der Waals surface area contributed by atoms with E-state index in [0.717, 1.165) is 16.8 Å². The number of nitrogens with zero attached hydrogens (tertiary/aromatic N) is 1. The monoisotopic (exact) mass is 387 g/mol. The van der Waals surface area contributed by atoms with Gasteiger partial charge in [0.25, 0.3) is 5.91 Å². The fourth-order valence-electron chi connectivity index (χ4n) is 2.37. The highest BCUT2D eigenvalue weighted by atomic mass is 32.2. The van der Waals surface area contributed by atoms with Crippen molar-refractivity contribution in [2.24, 2.45) is 0 Å². The standard InChI is InChI=1S/C18H17N3O3S2/c1-12-16(25-18(19-12)13-8-4-3-5-9-13)17(22)20-14-10-6-7-11-15(14)21-26(2,23)24/h3-11,21H,1-2H3,(H,20,22). The highest BCUT2D eigenvalue weighted by Gasteiger charge is 2.18. The predicted octanol–water partition coefficient (Wildman–Crippen LogP) is 3.74. The summed E-state index contributed by atoms with van der Waals surface area (Å²) in [5.41, 5.74) is 2.27. The molecule has 3 aromatic rings. The number of amides is 1. The minimum atomic E-state index is -3.45. The van der Waals surface area contributed by atoms with Crippen LogP contribution in [0, 0.1) is 6.92 Å². The van der Waals surface area contributed by atoms with Crippen molar-refractivity contribution >= 4 is 38.6 Å². The topological polar surface area (TPSA) is 88.2 Å². The largest absolute Gasteiger partial charge is 0.319 e. The van der Waals surface area contributed by atoms with Gasteiger partial charge in [0.1, 0.15) is 9.88 Å². The van der Waals surface area contributed by atoms with E-state index in [0.29, 0.717) is 21.9 Å². The van der Waals surface area contributed by atoms with Gasteiger partial charge in [0.2, 0.25) is 10.0 Å². The molecule has 0 aliphatic heterocycles. The number of nitrogens with one attached hydrogen (secondary N) is 2. The number of aryl methyl sites for hydroxylation is 1. The number of carbonyl (C=O) groups excluding carboxylic acids is 1. The summed E-state index contributed by atoms with van der Waals surface area (Å²) >= 11 is 1.30. The number of carbonyl (C=O) groups is 1. The third kappa shape index (κ3) is 4.27. The lowest BCUT2D eigenvalue weighted by molar-refractivity contribution is 0.103. The molecule has 26 heavy (non-hydrogen) atoms. The second-order valence-electron chi connectivity index (χ2n) is 5.67. The molecule has 2 N–H and O–H groups in total. The minimum Gasteiger partial charge on any atom is -0.319 e. The van der Waals surface area contributed by atoms with Crippen LogP contribution in [0.4, 0.5) is 11.4 Å². The van der Waals surface area contributed by atoms with E-state index in [2.05, 4.69) is 15.0 Å². The van der Waals surface area contributed by atoms with Crippen molar-refractivity contribution in [2.45, 2.75) is 6.92 Å². The van der Waals surface area contributed by atoms with Crippen molar-refractivity contribution < 1.29 is 13.2 Å². The van der Waals surface area contributed by atoms with Crippen molar-refractivity contribution in [1.82, 2.24) is 4.98 Å². The van der Waals surface area contributed by atoms with E-state index in [9.17, 15) is 13.2 Å². The average Bonchev–Trinajstić information content (AvgIpc) is 2.98. The number of para-hydroxylation sites is 2. The Bertz CT molecular complexity index is 1040. The average molecular weight is 387 g/mol. The lowest BCUT2D eigenvalue weighted by atomic mass is 10.2. The second-order valence-corrected chi connectivity index (χ2v) is 8.42. The maximum Gasteiger partial charge on any atom is 0.267 e. The summed E-state index contributed by atoms with van der Waals surface area (Å²) in [7, 11) is -3.45. The molecule has 0 saturated heterocycles. The van der Waals surface area contributed by atoms with Crippen molar-refractivity contribution in [3.63, 3.8) is 0 Å². The summed E-state index contributed by atoms with van der Waals surface area (Å²) < 4.78 is 25.4. The van der Waals surface area contributed by atoms with Crippen LogP contribution in [-0.2, 0) is 10.0 Å². The first-order valence-electron chi connectivity index (χ1n) is 7.74. The van der Waals surface area contributed by atoms with Crippen LogP contribution >= 0.6 is 11.3 Å². The molecule has 0 unspecified atom stereocenters. The van der Waals surface area contributed by atoms with E-state index in [-0.39, 0.29) is 5.91 Å². The molecular weight excluding hydrogens is 370 g/mol. The maximum atomic E-state index is 12.7.